The highest BCUT2D eigenvalue weighted by Gasteiger charge is 2.10. The summed E-state index contributed by atoms with van der Waals surface area (Å²) in [5.41, 5.74) is 3.34. The zero-order valence-electron chi connectivity index (χ0n) is 10.1. The van der Waals surface area contributed by atoms with E-state index in [-0.39, 0.29) is 5.78 Å². The Balaban J connectivity index is 3.13. The first-order chi connectivity index (χ1) is 7.45. The van der Waals surface area contributed by atoms with E-state index in [9.17, 15) is 4.79 Å². The molecule has 0 aromatic carbocycles. The third-order valence-corrected chi connectivity index (χ3v) is 2.54. The molecule has 1 rings (SSSR count). The van der Waals surface area contributed by atoms with Crippen molar-refractivity contribution in [1.82, 2.24) is 4.98 Å². The summed E-state index contributed by atoms with van der Waals surface area (Å²) in [4.78, 5) is 15.6. The summed E-state index contributed by atoms with van der Waals surface area (Å²) >= 11 is 0. The minimum atomic E-state index is -0.0219. The molecule has 1 heterocycles. The SMILES string of the molecule is [B]c1c(C(C)C)cc(CC(=O)C=C)nc1C. The number of carbonyl (C=O) groups excluding carboxylic acids is 1. The lowest BCUT2D eigenvalue weighted by Crippen LogP contribution is -2.19. The van der Waals surface area contributed by atoms with Gasteiger partial charge < -0.3 is 0 Å². The maximum atomic E-state index is 11.3. The second kappa shape index (κ2) is 5.11. The van der Waals surface area contributed by atoms with Gasteiger partial charge in [0.25, 0.3) is 0 Å². The molecule has 16 heavy (non-hydrogen) atoms. The fourth-order valence-electron chi connectivity index (χ4n) is 1.59. The lowest BCUT2D eigenvalue weighted by atomic mass is 9.84. The van der Waals surface area contributed by atoms with Crippen LogP contribution in [0.5, 0.6) is 0 Å². The van der Waals surface area contributed by atoms with Gasteiger partial charge in [-0.3, -0.25) is 9.78 Å². The summed E-state index contributed by atoms with van der Waals surface area (Å²) in [6.45, 7) is 9.46. The van der Waals surface area contributed by atoms with Crippen LogP contribution in [0.3, 0.4) is 0 Å². The maximum absolute atomic E-state index is 11.3. The number of rotatable bonds is 4. The molecule has 0 bridgehead atoms. The third-order valence-electron chi connectivity index (χ3n) is 2.54. The summed E-state index contributed by atoms with van der Waals surface area (Å²) in [5, 5.41) is 0. The first kappa shape index (κ1) is 12.7. The van der Waals surface area contributed by atoms with Crippen molar-refractivity contribution < 1.29 is 4.79 Å². The number of allylic oxidation sites excluding steroid dienone is 1. The van der Waals surface area contributed by atoms with E-state index in [4.69, 9.17) is 7.85 Å². The molecule has 0 N–H and O–H groups in total. The van der Waals surface area contributed by atoms with Gasteiger partial charge in [-0.05, 0) is 30.5 Å². The van der Waals surface area contributed by atoms with Crippen molar-refractivity contribution in [2.45, 2.75) is 33.1 Å². The molecule has 0 unspecified atom stereocenters. The topological polar surface area (TPSA) is 30.0 Å². The number of hydrogen-bond acceptors (Lipinski definition) is 2. The zero-order valence-corrected chi connectivity index (χ0v) is 10.1. The van der Waals surface area contributed by atoms with Crippen LogP contribution in [-0.2, 0) is 11.2 Å². The number of aryl methyl sites for hydroxylation is 1. The molecule has 0 aliphatic carbocycles. The molecule has 82 valence electrons. The van der Waals surface area contributed by atoms with Gasteiger partial charge in [-0.1, -0.05) is 25.9 Å². The van der Waals surface area contributed by atoms with E-state index in [1.807, 2.05) is 13.0 Å². The molecule has 0 aliphatic heterocycles. The summed E-state index contributed by atoms with van der Waals surface area (Å²) < 4.78 is 0. The van der Waals surface area contributed by atoms with Crippen LogP contribution in [0.15, 0.2) is 18.7 Å². The Hall–Kier alpha value is -1.38. The first-order valence-corrected chi connectivity index (χ1v) is 5.36. The fraction of sp³-hybridized carbons (Fsp3) is 0.385. The summed E-state index contributed by atoms with van der Waals surface area (Å²) in [6, 6.07) is 1.91. The predicted molar refractivity (Wildman–Crippen MR) is 67.4 cm³/mol. The molecular weight excluding hydrogens is 197 g/mol. The minimum absolute atomic E-state index is 0.0219. The molecule has 2 radical (unpaired) electrons. The fourth-order valence-corrected chi connectivity index (χ4v) is 1.59. The molecule has 0 amide bonds. The lowest BCUT2D eigenvalue weighted by Gasteiger charge is -2.14. The standard InChI is InChI=1S/C13H16BNO/c1-5-11(16)6-10-7-12(8(2)3)13(14)9(4)15-10/h5,7-8H,1,6H2,2-4H3. The number of pyridine rings is 1. The van der Waals surface area contributed by atoms with Crippen molar-refractivity contribution in [1.29, 1.82) is 0 Å². The Bertz CT molecular complexity index is 424. The zero-order chi connectivity index (χ0) is 12.3. The molecule has 3 heteroatoms. The van der Waals surface area contributed by atoms with E-state index in [0.29, 0.717) is 12.3 Å². The van der Waals surface area contributed by atoms with Crippen molar-refractivity contribution >= 4 is 19.1 Å². The van der Waals surface area contributed by atoms with E-state index in [1.54, 1.807) is 0 Å². The van der Waals surface area contributed by atoms with Crippen LogP contribution in [0, 0.1) is 6.92 Å². The van der Waals surface area contributed by atoms with Crippen molar-refractivity contribution in [2.75, 3.05) is 0 Å². The van der Waals surface area contributed by atoms with E-state index in [1.165, 1.54) is 6.08 Å². The van der Waals surface area contributed by atoms with Crippen LogP contribution in [0.4, 0.5) is 0 Å². The highest BCUT2D eigenvalue weighted by molar-refractivity contribution is 6.34. The summed E-state index contributed by atoms with van der Waals surface area (Å²) in [7, 11) is 5.95. The monoisotopic (exact) mass is 213 g/mol. The van der Waals surface area contributed by atoms with Crippen LogP contribution in [0.2, 0.25) is 0 Å². The number of carbonyl (C=O) groups is 1. The molecular formula is C13H16BNO. The summed E-state index contributed by atoms with van der Waals surface area (Å²) in [6.07, 6.45) is 1.62. The second-order valence-electron chi connectivity index (χ2n) is 4.20. The third kappa shape index (κ3) is 2.81. The predicted octanol–water partition coefficient (Wildman–Crippen LogP) is 1.60. The molecule has 0 saturated heterocycles. The van der Waals surface area contributed by atoms with Gasteiger partial charge >= 0.3 is 0 Å². The van der Waals surface area contributed by atoms with Crippen LogP contribution >= 0.6 is 0 Å². The van der Waals surface area contributed by atoms with Crippen LogP contribution in [0.25, 0.3) is 0 Å². The van der Waals surface area contributed by atoms with Gasteiger partial charge in [0.05, 0.1) is 6.42 Å². The van der Waals surface area contributed by atoms with E-state index in [2.05, 4.69) is 25.4 Å². The Morgan fingerprint density at radius 2 is 2.25 bits per heavy atom. The Morgan fingerprint density at radius 1 is 1.62 bits per heavy atom. The van der Waals surface area contributed by atoms with Crippen LogP contribution < -0.4 is 5.46 Å². The quantitative estimate of drug-likeness (QED) is 0.561. The van der Waals surface area contributed by atoms with Gasteiger partial charge in [-0.2, -0.15) is 0 Å². The van der Waals surface area contributed by atoms with E-state index >= 15 is 0 Å². The smallest absolute Gasteiger partial charge is 0.161 e. The Kier molecular flexibility index (Phi) is 4.05. The van der Waals surface area contributed by atoms with Crippen molar-refractivity contribution in [3.05, 3.63) is 35.7 Å². The average Bonchev–Trinajstić information content (AvgIpc) is 2.22. The number of hydrogen-bond donors (Lipinski definition) is 0. The van der Waals surface area contributed by atoms with Crippen LogP contribution in [-0.4, -0.2) is 18.6 Å². The Labute approximate surface area is 98.2 Å². The highest BCUT2D eigenvalue weighted by atomic mass is 16.1. The molecule has 0 saturated carbocycles. The van der Waals surface area contributed by atoms with Crippen LogP contribution in [0.1, 0.15) is 36.7 Å². The van der Waals surface area contributed by atoms with E-state index in [0.717, 1.165) is 22.4 Å². The largest absolute Gasteiger partial charge is 0.294 e. The molecule has 0 atom stereocenters. The summed E-state index contributed by atoms with van der Waals surface area (Å²) in [5.74, 6) is 0.311. The van der Waals surface area contributed by atoms with Gasteiger partial charge in [0.1, 0.15) is 7.85 Å². The molecule has 1 aromatic heterocycles. The van der Waals surface area contributed by atoms with Crippen molar-refractivity contribution in [3.8, 4) is 0 Å². The molecule has 0 aliphatic rings. The highest BCUT2D eigenvalue weighted by Crippen LogP contribution is 2.14. The number of aromatic nitrogens is 1. The van der Waals surface area contributed by atoms with Gasteiger partial charge in [0.2, 0.25) is 0 Å². The molecule has 0 spiro atoms. The number of nitrogens with zero attached hydrogens (tertiary/aromatic N) is 1. The Morgan fingerprint density at radius 3 is 2.75 bits per heavy atom. The van der Waals surface area contributed by atoms with Gasteiger partial charge in [0, 0.05) is 11.4 Å². The van der Waals surface area contributed by atoms with Gasteiger partial charge in [0.15, 0.2) is 5.78 Å². The van der Waals surface area contributed by atoms with Gasteiger partial charge in [-0.25, -0.2) is 0 Å². The normalized spacial score (nSPS) is 10.5. The maximum Gasteiger partial charge on any atom is 0.161 e. The molecule has 0 fully saturated rings. The number of ketones is 1. The molecule has 1 aromatic rings. The minimum Gasteiger partial charge on any atom is -0.294 e. The molecule has 2 nitrogen and oxygen atoms in total. The van der Waals surface area contributed by atoms with Crippen molar-refractivity contribution in [2.24, 2.45) is 0 Å². The van der Waals surface area contributed by atoms with Crippen molar-refractivity contribution in [3.63, 3.8) is 0 Å². The van der Waals surface area contributed by atoms with Gasteiger partial charge in [-0.15, -0.1) is 0 Å². The lowest BCUT2D eigenvalue weighted by molar-refractivity contribution is -0.114. The van der Waals surface area contributed by atoms with E-state index < -0.39 is 0 Å². The first-order valence-electron chi connectivity index (χ1n) is 5.36. The average molecular weight is 213 g/mol. The second-order valence-corrected chi connectivity index (χ2v) is 4.20.